The summed E-state index contributed by atoms with van der Waals surface area (Å²) in [5.41, 5.74) is 14.0. The molecule has 4 rings (SSSR count). The first-order chi connectivity index (χ1) is 15.3. The zero-order valence-electron chi connectivity index (χ0n) is 17.2. The van der Waals surface area contributed by atoms with Gasteiger partial charge in [-0.15, -0.1) is 0 Å². The third kappa shape index (κ3) is 4.26. The lowest BCUT2D eigenvalue weighted by atomic mass is 9.99. The lowest BCUT2D eigenvalue weighted by molar-refractivity contribution is -0.119. The molecule has 0 bridgehead atoms. The number of carbonyl (C=O) groups excluding carboxylic acids is 1. The van der Waals surface area contributed by atoms with Crippen LogP contribution in [0, 0.1) is 5.82 Å². The van der Waals surface area contributed by atoms with E-state index in [1.807, 2.05) is 11.0 Å². The van der Waals surface area contributed by atoms with Crippen LogP contribution in [0.15, 0.2) is 35.1 Å². The number of ether oxygens (including phenoxy) is 1. The topological polar surface area (TPSA) is 108 Å². The van der Waals surface area contributed by atoms with Gasteiger partial charge in [0.05, 0.1) is 23.2 Å². The van der Waals surface area contributed by atoms with Crippen molar-refractivity contribution in [3.8, 4) is 5.75 Å². The summed E-state index contributed by atoms with van der Waals surface area (Å²) in [6.45, 7) is 3.20. The van der Waals surface area contributed by atoms with Crippen LogP contribution in [0.4, 0.5) is 10.2 Å². The highest BCUT2D eigenvalue weighted by Crippen LogP contribution is 2.41. The average Bonchev–Trinajstić information content (AvgIpc) is 3.17. The molecular weight excluding hydrogens is 458 g/mol. The minimum absolute atomic E-state index is 0.114. The molecule has 1 aliphatic rings. The first-order valence-corrected chi connectivity index (χ1v) is 10.7. The molecule has 7 nitrogen and oxygen atoms in total. The highest BCUT2D eigenvalue weighted by molar-refractivity contribution is 6.36. The molecule has 32 heavy (non-hydrogen) atoms. The molecular formula is C22H21Cl2FN4O3. The van der Waals surface area contributed by atoms with Gasteiger partial charge in [-0.1, -0.05) is 29.3 Å². The van der Waals surface area contributed by atoms with E-state index in [1.54, 1.807) is 19.4 Å². The number of aromatic nitrogens is 1. The number of rotatable bonds is 6. The van der Waals surface area contributed by atoms with Gasteiger partial charge in [0.15, 0.2) is 11.4 Å². The van der Waals surface area contributed by atoms with Crippen molar-refractivity contribution < 1.29 is 18.3 Å². The molecule has 2 aromatic heterocycles. The van der Waals surface area contributed by atoms with Gasteiger partial charge >= 0.3 is 0 Å². The lowest BCUT2D eigenvalue weighted by Gasteiger charge is -2.24. The van der Waals surface area contributed by atoms with Gasteiger partial charge in [0.2, 0.25) is 11.7 Å². The summed E-state index contributed by atoms with van der Waals surface area (Å²) in [5.74, 6) is -0.603. The van der Waals surface area contributed by atoms with E-state index in [2.05, 4.69) is 4.98 Å². The molecule has 0 aliphatic carbocycles. The number of nitrogens with two attached hydrogens (primary N) is 2. The summed E-state index contributed by atoms with van der Waals surface area (Å²) < 4.78 is 25.8. The fourth-order valence-electron chi connectivity index (χ4n) is 3.81. The summed E-state index contributed by atoms with van der Waals surface area (Å²) in [6.07, 6.45) is 5.28. The summed E-state index contributed by atoms with van der Waals surface area (Å²) in [6, 6.07) is 2.61. The molecule has 3 aromatic rings. The van der Waals surface area contributed by atoms with Crippen LogP contribution < -0.4 is 16.2 Å². The molecule has 0 saturated heterocycles. The number of benzene rings is 1. The van der Waals surface area contributed by atoms with Crippen LogP contribution >= 0.6 is 23.2 Å². The predicted molar refractivity (Wildman–Crippen MR) is 122 cm³/mol. The Morgan fingerprint density at radius 1 is 1.41 bits per heavy atom. The number of fused-ring (bicyclic) bond motifs is 1. The minimum atomic E-state index is -0.717. The maximum absolute atomic E-state index is 14.0. The molecule has 4 N–H and O–H groups in total. The number of halogens is 3. The van der Waals surface area contributed by atoms with Crippen molar-refractivity contribution in [2.75, 3.05) is 25.4 Å². The monoisotopic (exact) mass is 478 g/mol. The second-order valence-electron chi connectivity index (χ2n) is 7.56. The normalized spacial score (nSPS) is 15.6. The number of amides is 1. The second kappa shape index (κ2) is 8.97. The zero-order chi connectivity index (χ0) is 23.0. The van der Waals surface area contributed by atoms with Gasteiger partial charge in [-0.25, -0.2) is 9.37 Å². The fraction of sp³-hybridized carbons (Fsp3) is 0.273. The van der Waals surface area contributed by atoms with Gasteiger partial charge in [-0.3, -0.25) is 9.69 Å². The van der Waals surface area contributed by atoms with Gasteiger partial charge < -0.3 is 20.6 Å². The van der Waals surface area contributed by atoms with Crippen LogP contribution in [0.3, 0.4) is 0 Å². The van der Waals surface area contributed by atoms with Crippen molar-refractivity contribution in [2.45, 2.75) is 19.4 Å². The van der Waals surface area contributed by atoms with Crippen LogP contribution in [0.25, 0.3) is 16.5 Å². The van der Waals surface area contributed by atoms with Gasteiger partial charge in [0.1, 0.15) is 11.9 Å². The van der Waals surface area contributed by atoms with E-state index >= 15 is 0 Å². The van der Waals surface area contributed by atoms with Crippen LogP contribution in [0.5, 0.6) is 5.75 Å². The number of nitrogen functional groups attached to an aromatic ring is 1. The Morgan fingerprint density at radius 2 is 2.19 bits per heavy atom. The van der Waals surface area contributed by atoms with E-state index in [9.17, 15) is 9.18 Å². The SMILES string of the molecule is C[C@@H](Oc1c(N)ncc2c(C3=CCN(CC(N)=O)CC3)coc12)c1c(Cl)ccc(F)c1Cl. The third-order valence-corrected chi connectivity index (χ3v) is 6.11. The second-order valence-corrected chi connectivity index (χ2v) is 8.35. The Labute approximate surface area is 193 Å². The number of hydrogen-bond donors (Lipinski definition) is 2. The van der Waals surface area contributed by atoms with Crippen LogP contribution in [0.2, 0.25) is 10.0 Å². The molecule has 1 aromatic carbocycles. The first kappa shape index (κ1) is 22.4. The molecule has 0 fully saturated rings. The number of pyridine rings is 1. The first-order valence-electron chi connectivity index (χ1n) is 9.92. The van der Waals surface area contributed by atoms with Crippen molar-refractivity contribution in [2.24, 2.45) is 5.73 Å². The Bertz CT molecular complexity index is 1230. The van der Waals surface area contributed by atoms with Crippen molar-refractivity contribution in [1.82, 2.24) is 9.88 Å². The molecule has 3 heterocycles. The van der Waals surface area contributed by atoms with Crippen molar-refractivity contribution in [3.63, 3.8) is 0 Å². The van der Waals surface area contributed by atoms with Crippen LogP contribution in [-0.2, 0) is 4.79 Å². The number of anilines is 1. The molecule has 1 aliphatic heterocycles. The molecule has 0 unspecified atom stereocenters. The predicted octanol–water partition coefficient (Wildman–Crippen LogP) is 4.57. The highest BCUT2D eigenvalue weighted by atomic mass is 35.5. The van der Waals surface area contributed by atoms with E-state index in [1.165, 1.54) is 12.1 Å². The summed E-state index contributed by atoms with van der Waals surface area (Å²) >= 11 is 12.3. The molecule has 10 heteroatoms. The van der Waals surface area contributed by atoms with E-state index in [0.29, 0.717) is 30.7 Å². The van der Waals surface area contributed by atoms with Crippen LogP contribution in [-0.4, -0.2) is 35.4 Å². The maximum Gasteiger partial charge on any atom is 0.231 e. The quantitative estimate of drug-likeness (QED) is 0.502. The Morgan fingerprint density at radius 3 is 2.88 bits per heavy atom. The van der Waals surface area contributed by atoms with Crippen molar-refractivity contribution in [1.29, 1.82) is 0 Å². The fourth-order valence-corrected chi connectivity index (χ4v) is 4.49. The number of primary amides is 1. The number of furan rings is 1. The largest absolute Gasteiger partial charge is 0.478 e. The van der Waals surface area contributed by atoms with Crippen LogP contribution in [0.1, 0.15) is 30.6 Å². The average molecular weight is 479 g/mol. The van der Waals surface area contributed by atoms with E-state index in [-0.39, 0.29) is 34.1 Å². The Balaban J connectivity index is 1.66. The Kier molecular flexibility index (Phi) is 6.28. The molecule has 0 radical (unpaired) electrons. The lowest BCUT2D eigenvalue weighted by Crippen LogP contribution is -2.36. The van der Waals surface area contributed by atoms with Gasteiger partial charge in [0.25, 0.3) is 0 Å². The van der Waals surface area contributed by atoms with Crippen molar-refractivity contribution in [3.05, 3.63) is 57.7 Å². The minimum Gasteiger partial charge on any atom is -0.478 e. The standard InChI is InChI=1S/C22H21Cl2FN4O3/c1-11(18-15(23)2-3-16(25)19(18)24)32-21-20-13(8-28-22(21)27)14(10-31-20)12-4-6-29(7-5-12)9-17(26)30/h2-4,8,10-11H,5-7,9H2,1H3,(H2,26,30)(H2,27,28)/t11-/m1/s1. The summed E-state index contributed by atoms with van der Waals surface area (Å²) in [4.78, 5) is 17.4. The number of nitrogens with zero attached hydrogens (tertiary/aromatic N) is 2. The van der Waals surface area contributed by atoms with E-state index in [4.69, 9.17) is 43.8 Å². The Hall–Kier alpha value is -2.81. The smallest absolute Gasteiger partial charge is 0.231 e. The molecule has 1 amide bonds. The molecule has 1 atom stereocenters. The molecule has 0 saturated carbocycles. The molecule has 0 spiro atoms. The number of carbonyl (C=O) groups is 1. The summed E-state index contributed by atoms with van der Waals surface area (Å²) in [5, 5.41) is 0.889. The molecule has 168 valence electrons. The van der Waals surface area contributed by atoms with Gasteiger partial charge in [-0.05, 0) is 31.1 Å². The van der Waals surface area contributed by atoms with E-state index in [0.717, 1.165) is 16.5 Å². The van der Waals surface area contributed by atoms with Crippen molar-refractivity contribution >= 4 is 51.5 Å². The maximum atomic E-state index is 14.0. The van der Waals surface area contributed by atoms with E-state index < -0.39 is 11.9 Å². The highest BCUT2D eigenvalue weighted by Gasteiger charge is 2.24. The third-order valence-electron chi connectivity index (χ3n) is 5.40. The van der Waals surface area contributed by atoms with Gasteiger partial charge in [0, 0.05) is 35.4 Å². The van der Waals surface area contributed by atoms with Gasteiger partial charge in [-0.2, -0.15) is 0 Å². The number of hydrogen-bond acceptors (Lipinski definition) is 6. The zero-order valence-corrected chi connectivity index (χ0v) is 18.7. The summed E-state index contributed by atoms with van der Waals surface area (Å²) in [7, 11) is 0.